The van der Waals surface area contributed by atoms with Gasteiger partial charge in [0.15, 0.2) is 0 Å². The Balaban J connectivity index is 1.74. The lowest BCUT2D eigenvalue weighted by Crippen LogP contribution is -2.45. The van der Waals surface area contributed by atoms with Gasteiger partial charge in [-0.05, 0) is 49.7 Å². The van der Waals surface area contributed by atoms with Crippen LogP contribution in [0.2, 0.25) is 0 Å². The zero-order valence-corrected chi connectivity index (χ0v) is 11.7. The van der Waals surface area contributed by atoms with Crippen LogP contribution in [0.3, 0.4) is 0 Å². The molecule has 3 rings (SSSR count). The molecule has 0 aromatic heterocycles. The van der Waals surface area contributed by atoms with Crippen molar-refractivity contribution in [2.24, 2.45) is 10.4 Å². The summed E-state index contributed by atoms with van der Waals surface area (Å²) in [6.07, 6.45) is 11.3. The highest BCUT2D eigenvalue weighted by molar-refractivity contribution is 5.84. The SMILES string of the molecule is Cc1cccc(C=NC2CCC23CCCCC3)c1O. The van der Waals surface area contributed by atoms with Crippen molar-refractivity contribution in [3.63, 3.8) is 0 Å². The number of para-hydroxylation sites is 1. The average molecular weight is 257 g/mol. The zero-order valence-electron chi connectivity index (χ0n) is 11.7. The predicted octanol–water partition coefficient (Wildman–Crippen LogP) is 4.23. The summed E-state index contributed by atoms with van der Waals surface area (Å²) in [4.78, 5) is 4.79. The zero-order chi connectivity index (χ0) is 13.3. The van der Waals surface area contributed by atoms with Crippen LogP contribution in [0.15, 0.2) is 23.2 Å². The Hall–Kier alpha value is -1.31. The summed E-state index contributed by atoms with van der Waals surface area (Å²) < 4.78 is 0. The maximum atomic E-state index is 10.0. The minimum absolute atomic E-state index is 0.378. The van der Waals surface area contributed by atoms with Gasteiger partial charge in [-0.2, -0.15) is 0 Å². The van der Waals surface area contributed by atoms with E-state index >= 15 is 0 Å². The van der Waals surface area contributed by atoms with Gasteiger partial charge in [-0.15, -0.1) is 0 Å². The van der Waals surface area contributed by atoms with Crippen molar-refractivity contribution in [1.82, 2.24) is 0 Å². The summed E-state index contributed by atoms with van der Waals surface area (Å²) in [5, 5.41) is 10.0. The van der Waals surface area contributed by atoms with Gasteiger partial charge in [0.25, 0.3) is 0 Å². The first kappa shape index (κ1) is 12.7. The Morgan fingerprint density at radius 1 is 1.21 bits per heavy atom. The lowest BCUT2D eigenvalue weighted by Gasteiger charge is -2.50. The number of phenolic OH excluding ortho intramolecular Hbond substituents is 1. The van der Waals surface area contributed by atoms with E-state index in [4.69, 9.17) is 4.99 Å². The van der Waals surface area contributed by atoms with Crippen LogP contribution in [-0.4, -0.2) is 17.4 Å². The van der Waals surface area contributed by atoms with Crippen molar-refractivity contribution in [3.8, 4) is 5.75 Å². The van der Waals surface area contributed by atoms with Crippen LogP contribution in [0.5, 0.6) is 5.75 Å². The third kappa shape index (κ3) is 2.29. The number of hydrogen-bond donors (Lipinski definition) is 1. The second-order valence-corrected chi connectivity index (χ2v) is 6.27. The van der Waals surface area contributed by atoms with Gasteiger partial charge in [0.2, 0.25) is 0 Å². The minimum Gasteiger partial charge on any atom is -0.507 e. The Morgan fingerprint density at radius 3 is 2.68 bits per heavy atom. The van der Waals surface area contributed by atoms with Gasteiger partial charge in [0.1, 0.15) is 5.75 Å². The van der Waals surface area contributed by atoms with E-state index in [1.807, 2.05) is 31.3 Å². The Morgan fingerprint density at radius 2 is 2.00 bits per heavy atom. The van der Waals surface area contributed by atoms with Crippen molar-refractivity contribution >= 4 is 6.21 Å². The first-order chi connectivity index (χ1) is 9.21. The fourth-order valence-electron chi connectivity index (χ4n) is 3.71. The van der Waals surface area contributed by atoms with Crippen molar-refractivity contribution in [2.45, 2.75) is 57.9 Å². The van der Waals surface area contributed by atoms with Crippen LogP contribution in [0.1, 0.15) is 56.1 Å². The highest BCUT2D eigenvalue weighted by atomic mass is 16.3. The van der Waals surface area contributed by atoms with E-state index < -0.39 is 0 Å². The lowest BCUT2D eigenvalue weighted by atomic mass is 9.57. The smallest absolute Gasteiger partial charge is 0.127 e. The molecule has 0 radical (unpaired) electrons. The largest absolute Gasteiger partial charge is 0.507 e. The fraction of sp³-hybridized carbons (Fsp3) is 0.588. The second-order valence-electron chi connectivity index (χ2n) is 6.27. The van der Waals surface area contributed by atoms with E-state index in [2.05, 4.69) is 0 Å². The normalized spacial score (nSPS) is 25.6. The van der Waals surface area contributed by atoms with Gasteiger partial charge in [0, 0.05) is 11.8 Å². The quantitative estimate of drug-likeness (QED) is 0.790. The second kappa shape index (κ2) is 4.99. The summed E-state index contributed by atoms with van der Waals surface area (Å²) in [5.74, 6) is 0.378. The van der Waals surface area contributed by atoms with E-state index in [0.29, 0.717) is 17.2 Å². The predicted molar refractivity (Wildman–Crippen MR) is 79.0 cm³/mol. The molecule has 102 valence electrons. The van der Waals surface area contributed by atoms with Crippen molar-refractivity contribution in [2.75, 3.05) is 0 Å². The lowest BCUT2D eigenvalue weighted by molar-refractivity contribution is 0.0474. The molecule has 0 heterocycles. The van der Waals surface area contributed by atoms with Crippen LogP contribution < -0.4 is 0 Å². The molecule has 19 heavy (non-hydrogen) atoms. The van der Waals surface area contributed by atoms with Gasteiger partial charge in [-0.25, -0.2) is 0 Å². The first-order valence-corrected chi connectivity index (χ1v) is 7.53. The highest BCUT2D eigenvalue weighted by Crippen LogP contribution is 2.53. The number of aryl methyl sites for hydroxylation is 1. The molecule has 2 aliphatic carbocycles. The summed E-state index contributed by atoms with van der Waals surface area (Å²) in [6, 6.07) is 6.34. The molecule has 2 nitrogen and oxygen atoms in total. The minimum atomic E-state index is 0.378. The molecule has 1 N–H and O–H groups in total. The first-order valence-electron chi connectivity index (χ1n) is 7.53. The van der Waals surface area contributed by atoms with Gasteiger partial charge in [0.05, 0.1) is 6.04 Å². The van der Waals surface area contributed by atoms with Crippen molar-refractivity contribution in [1.29, 1.82) is 0 Å². The van der Waals surface area contributed by atoms with Gasteiger partial charge >= 0.3 is 0 Å². The number of hydrogen-bond acceptors (Lipinski definition) is 2. The van der Waals surface area contributed by atoms with E-state index in [0.717, 1.165) is 11.1 Å². The van der Waals surface area contributed by atoms with Crippen LogP contribution >= 0.6 is 0 Å². The van der Waals surface area contributed by atoms with Crippen LogP contribution in [0.4, 0.5) is 0 Å². The topological polar surface area (TPSA) is 32.6 Å². The van der Waals surface area contributed by atoms with Crippen molar-refractivity contribution < 1.29 is 5.11 Å². The highest BCUT2D eigenvalue weighted by Gasteiger charge is 2.46. The molecule has 2 aliphatic rings. The number of benzene rings is 1. The molecule has 0 amide bonds. The van der Waals surface area contributed by atoms with E-state index in [9.17, 15) is 5.11 Å². The molecule has 2 fully saturated rings. The molecule has 0 aliphatic heterocycles. The average Bonchev–Trinajstić information content (AvgIpc) is 2.43. The molecule has 1 unspecified atom stereocenters. The Kier molecular flexibility index (Phi) is 3.34. The molecule has 0 saturated heterocycles. The van der Waals surface area contributed by atoms with Gasteiger partial charge in [-0.3, -0.25) is 4.99 Å². The maximum Gasteiger partial charge on any atom is 0.127 e. The van der Waals surface area contributed by atoms with E-state index in [-0.39, 0.29) is 0 Å². The number of aliphatic imine (C=N–C) groups is 1. The van der Waals surface area contributed by atoms with Crippen LogP contribution in [0, 0.1) is 12.3 Å². The molecule has 1 spiro atoms. The molecule has 1 aromatic rings. The number of phenols is 1. The molecule has 1 aromatic carbocycles. The molecule has 2 heteroatoms. The Bertz CT molecular complexity index is 486. The van der Waals surface area contributed by atoms with E-state index in [1.165, 1.54) is 44.9 Å². The summed E-state index contributed by atoms with van der Waals surface area (Å²) >= 11 is 0. The standard InChI is InChI=1S/C17H23NO/c1-13-6-5-7-14(16(13)19)12-18-15-8-11-17(15)9-3-2-4-10-17/h5-7,12,15,19H,2-4,8-11H2,1H3. The number of aromatic hydroxyl groups is 1. The van der Waals surface area contributed by atoms with Gasteiger partial charge in [-0.1, -0.05) is 31.4 Å². The third-order valence-corrected chi connectivity index (χ3v) is 5.13. The number of rotatable bonds is 2. The molecule has 1 atom stereocenters. The summed E-state index contributed by atoms with van der Waals surface area (Å²) in [6.45, 7) is 1.93. The van der Waals surface area contributed by atoms with Gasteiger partial charge < -0.3 is 5.11 Å². The number of nitrogens with zero attached hydrogens (tertiary/aromatic N) is 1. The summed E-state index contributed by atoms with van der Waals surface area (Å²) in [5.41, 5.74) is 2.29. The van der Waals surface area contributed by atoms with Crippen LogP contribution in [0.25, 0.3) is 0 Å². The molecular weight excluding hydrogens is 234 g/mol. The Labute approximate surface area is 115 Å². The maximum absolute atomic E-state index is 10.0. The molecule has 2 saturated carbocycles. The van der Waals surface area contributed by atoms with E-state index in [1.54, 1.807) is 0 Å². The molecule has 0 bridgehead atoms. The van der Waals surface area contributed by atoms with Crippen molar-refractivity contribution in [3.05, 3.63) is 29.3 Å². The van der Waals surface area contributed by atoms with Crippen LogP contribution in [-0.2, 0) is 0 Å². The third-order valence-electron chi connectivity index (χ3n) is 5.13. The summed E-state index contributed by atoms with van der Waals surface area (Å²) in [7, 11) is 0. The monoisotopic (exact) mass is 257 g/mol. The molecular formula is C17H23NO. The fourth-order valence-corrected chi connectivity index (χ4v) is 3.71.